The lowest BCUT2D eigenvalue weighted by molar-refractivity contribution is -0.145. The van der Waals surface area contributed by atoms with Gasteiger partial charge in [0.2, 0.25) is 5.91 Å². The van der Waals surface area contributed by atoms with Crippen molar-refractivity contribution in [2.24, 2.45) is 0 Å². The Labute approximate surface area is 170 Å². The standard InChI is InChI=1S/C20H24N2O6S/c1-14(2)28-20(24)13-22(17-7-9-18(27-4)10-8-17)29(25,26)19-11-5-16(6-12-19)21-15(3)23/h5-12,14H,13H2,1-4H3,(H,21,23). The zero-order valence-electron chi connectivity index (χ0n) is 16.7. The SMILES string of the molecule is COc1ccc(N(CC(=O)OC(C)C)S(=O)(=O)c2ccc(NC(C)=O)cc2)cc1. The number of rotatable bonds is 8. The van der Waals surface area contributed by atoms with Crippen LogP contribution in [0.25, 0.3) is 0 Å². The van der Waals surface area contributed by atoms with E-state index >= 15 is 0 Å². The molecule has 156 valence electrons. The Morgan fingerprint density at radius 3 is 2.10 bits per heavy atom. The average Bonchev–Trinajstić information content (AvgIpc) is 2.65. The molecule has 1 N–H and O–H groups in total. The smallest absolute Gasteiger partial charge is 0.327 e. The summed E-state index contributed by atoms with van der Waals surface area (Å²) < 4.78 is 37.7. The van der Waals surface area contributed by atoms with Gasteiger partial charge in [0.15, 0.2) is 0 Å². The van der Waals surface area contributed by atoms with Crippen molar-refractivity contribution in [3.05, 3.63) is 48.5 Å². The highest BCUT2D eigenvalue weighted by molar-refractivity contribution is 7.92. The zero-order valence-corrected chi connectivity index (χ0v) is 17.5. The second kappa shape index (κ2) is 9.42. The fraction of sp³-hybridized carbons (Fsp3) is 0.300. The van der Waals surface area contributed by atoms with Crippen LogP contribution in [-0.4, -0.2) is 40.1 Å². The minimum atomic E-state index is -4.07. The first-order valence-corrected chi connectivity index (χ1v) is 10.3. The summed E-state index contributed by atoms with van der Waals surface area (Å²) in [6.07, 6.45) is -0.375. The number of carbonyl (C=O) groups is 2. The Balaban J connectivity index is 2.41. The van der Waals surface area contributed by atoms with Crippen LogP contribution in [0.4, 0.5) is 11.4 Å². The number of sulfonamides is 1. The van der Waals surface area contributed by atoms with Crippen molar-refractivity contribution in [2.75, 3.05) is 23.3 Å². The molecule has 2 aromatic rings. The molecule has 0 saturated heterocycles. The molecule has 29 heavy (non-hydrogen) atoms. The van der Waals surface area contributed by atoms with Gasteiger partial charge in [-0.05, 0) is 62.4 Å². The average molecular weight is 420 g/mol. The van der Waals surface area contributed by atoms with Crippen molar-refractivity contribution in [3.8, 4) is 5.75 Å². The van der Waals surface area contributed by atoms with Crippen LogP contribution in [-0.2, 0) is 24.3 Å². The van der Waals surface area contributed by atoms with E-state index < -0.39 is 22.5 Å². The summed E-state index contributed by atoms with van der Waals surface area (Å²) in [6, 6.07) is 12.0. The molecular weight excluding hydrogens is 396 g/mol. The van der Waals surface area contributed by atoms with Crippen LogP contribution in [0.5, 0.6) is 5.75 Å². The normalized spacial score (nSPS) is 11.1. The fourth-order valence-corrected chi connectivity index (χ4v) is 3.93. The molecule has 9 heteroatoms. The second-order valence-electron chi connectivity index (χ2n) is 6.45. The summed E-state index contributed by atoms with van der Waals surface area (Å²) in [6.45, 7) is 4.24. The van der Waals surface area contributed by atoms with Gasteiger partial charge < -0.3 is 14.8 Å². The van der Waals surface area contributed by atoms with Gasteiger partial charge in [-0.3, -0.25) is 13.9 Å². The van der Waals surface area contributed by atoms with Crippen LogP contribution in [0.15, 0.2) is 53.4 Å². The monoisotopic (exact) mass is 420 g/mol. The third-order valence-corrected chi connectivity index (χ3v) is 5.55. The third-order valence-electron chi connectivity index (χ3n) is 3.76. The molecule has 0 saturated carbocycles. The quantitative estimate of drug-likeness (QED) is 0.659. The molecule has 8 nitrogen and oxygen atoms in total. The van der Waals surface area contributed by atoms with Crippen LogP contribution in [0, 0.1) is 0 Å². The molecule has 0 spiro atoms. The number of nitrogens with zero attached hydrogens (tertiary/aromatic N) is 1. The number of anilines is 2. The van der Waals surface area contributed by atoms with Gasteiger partial charge in [0.1, 0.15) is 12.3 Å². The predicted octanol–water partition coefficient (Wildman–Crippen LogP) is 2.80. The minimum absolute atomic E-state index is 0.0280. The highest BCUT2D eigenvalue weighted by Crippen LogP contribution is 2.26. The van der Waals surface area contributed by atoms with E-state index in [0.717, 1.165) is 4.31 Å². The Hall–Kier alpha value is -3.07. The summed E-state index contributed by atoms with van der Waals surface area (Å²) in [5, 5.41) is 2.58. The van der Waals surface area contributed by atoms with Gasteiger partial charge in [-0.15, -0.1) is 0 Å². The maximum absolute atomic E-state index is 13.2. The summed E-state index contributed by atoms with van der Waals surface area (Å²) >= 11 is 0. The van der Waals surface area contributed by atoms with E-state index in [9.17, 15) is 18.0 Å². The summed E-state index contributed by atoms with van der Waals surface area (Å²) in [4.78, 5) is 23.3. The van der Waals surface area contributed by atoms with Crippen molar-refractivity contribution < 1.29 is 27.5 Å². The molecule has 0 fully saturated rings. The molecule has 0 atom stereocenters. The number of carbonyl (C=O) groups excluding carboxylic acids is 2. The maximum Gasteiger partial charge on any atom is 0.327 e. The molecule has 2 rings (SSSR count). The number of hydrogen-bond donors (Lipinski definition) is 1. The highest BCUT2D eigenvalue weighted by atomic mass is 32.2. The number of nitrogens with one attached hydrogen (secondary N) is 1. The minimum Gasteiger partial charge on any atom is -0.497 e. The number of hydrogen-bond acceptors (Lipinski definition) is 6. The van der Waals surface area contributed by atoms with E-state index in [1.165, 1.54) is 38.3 Å². The largest absolute Gasteiger partial charge is 0.497 e. The Kier molecular flexibility index (Phi) is 7.22. The molecule has 2 aromatic carbocycles. The van der Waals surface area contributed by atoms with E-state index in [0.29, 0.717) is 11.4 Å². The summed E-state index contributed by atoms with van der Waals surface area (Å²) in [5.74, 6) is -0.387. The molecule has 0 radical (unpaired) electrons. The number of ether oxygens (including phenoxy) is 2. The summed E-state index contributed by atoms with van der Waals surface area (Å²) in [5.41, 5.74) is 0.754. The van der Waals surface area contributed by atoms with Crippen molar-refractivity contribution in [1.29, 1.82) is 0 Å². The highest BCUT2D eigenvalue weighted by Gasteiger charge is 2.28. The third kappa shape index (κ3) is 5.95. The molecular formula is C20H24N2O6S. The van der Waals surface area contributed by atoms with Gasteiger partial charge in [-0.2, -0.15) is 0 Å². The molecule has 0 aliphatic carbocycles. The van der Waals surface area contributed by atoms with E-state index in [-0.39, 0.29) is 22.6 Å². The van der Waals surface area contributed by atoms with E-state index in [1.54, 1.807) is 38.1 Å². The van der Waals surface area contributed by atoms with Crippen LogP contribution in [0.1, 0.15) is 20.8 Å². The van der Waals surface area contributed by atoms with Crippen molar-refractivity contribution >= 4 is 33.3 Å². The number of methoxy groups -OCH3 is 1. The van der Waals surface area contributed by atoms with Gasteiger partial charge in [0.25, 0.3) is 10.0 Å². The first-order chi connectivity index (χ1) is 13.6. The molecule has 0 aliphatic rings. The fourth-order valence-electron chi connectivity index (χ4n) is 2.52. The lowest BCUT2D eigenvalue weighted by Crippen LogP contribution is -2.37. The lowest BCUT2D eigenvalue weighted by atomic mass is 10.3. The van der Waals surface area contributed by atoms with Gasteiger partial charge in [0.05, 0.1) is 23.8 Å². The number of esters is 1. The Bertz CT molecular complexity index is 953. The molecule has 0 aliphatic heterocycles. The first kappa shape index (κ1) is 22.2. The van der Waals surface area contributed by atoms with Gasteiger partial charge in [-0.1, -0.05) is 0 Å². The summed E-state index contributed by atoms with van der Waals surface area (Å²) in [7, 11) is -2.57. The topological polar surface area (TPSA) is 102 Å². The van der Waals surface area contributed by atoms with Gasteiger partial charge >= 0.3 is 5.97 Å². The maximum atomic E-state index is 13.2. The van der Waals surface area contributed by atoms with E-state index in [2.05, 4.69) is 5.32 Å². The van der Waals surface area contributed by atoms with Crippen LogP contribution < -0.4 is 14.4 Å². The molecule has 0 bridgehead atoms. The van der Waals surface area contributed by atoms with E-state index in [1.807, 2.05) is 0 Å². The second-order valence-corrected chi connectivity index (χ2v) is 8.32. The Morgan fingerprint density at radius 1 is 1.03 bits per heavy atom. The van der Waals surface area contributed by atoms with Gasteiger partial charge in [0, 0.05) is 12.6 Å². The lowest BCUT2D eigenvalue weighted by Gasteiger charge is -2.24. The molecule has 0 unspecified atom stereocenters. The van der Waals surface area contributed by atoms with E-state index in [4.69, 9.17) is 9.47 Å². The number of amides is 1. The van der Waals surface area contributed by atoms with Crippen LogP contribution in [0.2, 0.25) is 0 Å². The molecule has 1 amide bonds. The first-order valence-electron chi connectivity index (χ1n) is 8.87. The zero-order chi connectivity index (χ0) is 21.6. The number of benzene rings is 2. The Morgan fingerprint density at radius 2 is 1.62 bits per heavy atom. The predicted molar refractivity (Wildman–Crippen MR) is 109 cm³/mol. The van der Waals surface area contributed by atoms with Crippen LogP contribution in [0.3, 0.4) is 0 Å². The van der Waals surface area contributed by atoms with Crippen molar-refractivity contribution in [2.45, 2.75) is 31.8 Å². The van der Waals surface area contributed by atoms with Gasteiger partial charge in [-0.25, -0.2) is 8.42 Å². The molecule has 0 aromatic heterocycles. The molecule has 0 heterocycles. The van der Waals surface area contributed by atoms with Crippen molar-refractivity contribution in [1.82, 2.24) is 0 Å². The van der Waals surface area contributed by atoms with Crippen LogP contribution >= 0.6 is 0 Å². The van der Waals surface area contributed by atoms with Crippen molar-refractivity contribution in [3.63, 3.8) is 0 Å².